The number of alkyl halides is 4. The molecule has 1 aliphatic heterocycles. The lowest BCUT2D eigenvalue weighted by molar-refractivity contribution is -0.391. The number of hydrogen-bond donors (Lipinski definition) is 1. The number of nitrogens with one attached hydrogen (secondary N) is 1. The van der Waals surface area contributed by atoms with Crippen molar-refractivity contribution in [3.63, 3.8) is 0 Å². The van der Waals surface area contributed by atoms with Gasteiger partial charge in [-0.2, -0.15) is 17.6 Å². The molecule has 0 aliphatic carbocycles. The molecule has 0 amide bonds. The summed E-state index contributed by atoms with van der Waals surface area (Å²) in [6.45, 7) is 5.21. The number of benzene rings is 1. The van der Waals surface area contributed by atoms with Gasteiger partial charge < -0.3 is 9.47 Å². The van der Waals surface area contributed by atoms with E-state index in [9.17, 15) is 31.9 Å². The minimum absolute atomic E-state index is 0.0453. The number of fused-ring (bicyclic) bond motifs is 1. The van der Waals surface area contributed by atoms with Crippen molar-refractivity contribution in [1.82, 2.24) is 14.1 Å². The lowest BCUT2D eigenvalue weighted by atomic mass is 9.97. The molecule has 0 saturated carbocycles. The van der Waals surface area contributed by atoms with E-state index in [2.05, 4.69) is 9.47 Å². The molecule has 152 valence electrons. The van der Waals surface area contributed by atoms with E-state index in [4.69, 9.17) is 0 Å². The van der Waals surface area contributed by atoms with Gasteiger partial charge in [-0.15, -0.1) is 0 Å². The highest BCUT2D eigenvalue weighted by Gasteiger charge is 2.65. The molecule has 3 rings (SSSR count). The van der Waals surface area contributed by atoms with Gasteiger partial charge in [-0.25, -0.2) is 23.5 Å². The average Bonchev–Trinajstić information content (AvgIpc) is 2.51. The van der Waals surface area contributed by atoms with E-state index in [-0.39, 0.29) is 12.2 Å². The lowest BCUT2D eigenvalue weighted by Crippen LogP contribution is -2.52. The Bertz CT molecular complexity index is 1110. The quantitative estimate of drug-likeness (QED) is 0.768. The molecule has 0 radical (unpaired) electrons. The van der Waals surface area contributed by atoms with E-state index in [1.165, 1.54) is 0 Å². The summed E-state index contributed by atoms with van der Waals surface area (Å²) >= 11 is 0. The zero-order valence-electron chi connectivity index (χ0n) is 14.9. The fourth-order valence-electron chi connectivity index (χ4n) is 2.55. The van der Waals surface area contributed by atoms with Gasteiger partial charge in [-0.3, -0.25) is 4.98 Å². The molecule has 0 atom stereocenters. The topological polar surface area (TPSA) is 95.3 Å². The van der Waals surface area contributed by atoms with Crippen LogP contribution in [0.15, 0.2) is 32.6 Å². The van der Waals surface area contributed by atoms with Gasteiger partial charge in [0.25, 0.3) is 0 Å². The van der Waals surface area contributed by atoms with Crippen LogP contribution >= 0.6 is 0 Å². The molecule has 2 aromatic rings. The maximum Gasteiger partial charge on any atom is 0.507 e. The standard InChI is InChI=1S/C16H15F4N3O5/c1-14(2,3)7-22-11(24)21-12(25)23(13(22)26)8-4-5-9-10(6-8)28-16(19,20)15(17,18)27-9/h4-6H,7H2,1-3H3,(H,21,24,25). The van der Waals surface area contributed by atoms with Crippen LogP contribution < -0.4 is 26.5 Å². The zero-order valence-corrected chi connectivity index (χ0v) is 14.9. The average molecular weight is 405 g/mol. The molecule has 0 spiro atoms. The summed E-state index contributed by atoms with van der Waals surface area (Å²) < 4.78 is 62.4. The molecule has 28 heavy (non-hydrogen) atoms. The molecule has 8 nitrogen and oxygen atoms in total. The van der Waals surface area contributed by atoms with Crippen LogP contribution in [-0.2, 0) is 6.54 Å². The fourth-order valence-corrected chi connectivity index (χ4v) is 2.55. The van der Waals surface area contributed by atoms with Crippen LogP contribution in [0.1, 0.15) is 20.8 Å². The van der Waals surface area contributed by atoms with Gasteiger partial charge in [-0.05, 0) is 17.5 Å². The number of aromatic nitrogens is 3. The van der Waals surface area contributed by atoms with Crippen molar-refractivity contribution in [2.45, 2.75) is 39.5 Å². The minimum Gasteiger partial charge on any atom is -0.421 e. The van der Waals surface area contributed by atoms with E-state index in [1.54, 1.807) is 20.8 Å². The van der Waals surface area contributed by atoms with Crippen molar-refractivity contribution in [3.8, 4) is 17.2 Å². The van der Waals surface area contributed by atoms with Crippen molar-refractivity contribution in [1.29, 1.82) is 0 Å². The van der Waals surface area contributed by atoms with Crippen molar-refractivity contribution < 1.29 is 27.0 Å². The Kier molecular flexibility index (Phi) is 4.20. The normalized spacial score (nSPS) is 17.4. The highest BCUT2D eigenvalue weighted by atomic mass is 19.3. The first-order chi connectivity index (χ1) is 12.7. The molecule has 1 aromatic heterocycles. The van der Waals surface area contributed by atoms with Crippen molar-refractivity contribution in [3.05, 3.63) is 49.7 Å². The van der Waals surface area contributed by atoms with Crippen LogP contribution in [0.2, 0.25) is 0 Å². The Labute approximate surface area is 153 Å². The third-order valence-electron chi connectivity index (χ3n) is 3.72. The van der Waals surface area contributed by atoms with Gasteiger partial charge in [0.1, 0.15) is 0 Å². The predicted octanol–water partition coefficient (Wildman–Crippen LogP) is 1.69. The summed E-state index contributed by atoms with van der Waals surface area (Å²) in [6, 6.07) is 2.63. The van der Waals surface area contributed by atoms with Crippen LogP contribution in [-0.4, -0.2) is 26.3 Å². The first kappa shape index (κ1) is 19.7. The molecular formula is C16H15F4N3O5. The van der Waals surface area contributed by atoms with Crippen LogP contribution in [0.4, 0.5) is 17.6 Å². The summed E-state index contributed by atoms with van der Waals surface area (Å²) in [6.07, 6.45) is -9.85. The van der Waals surface area contributed by atoms with Crippen LogP contribution in [0.5, 0.6) is 11.5 Å². The van der Waals surface area contributed by atoms with E-state index in [0.717, 1.165) is 22.8 Å². The van der Waals surface area contributed by atoms with Crippen molar-refractivity contribution in [2.24, 2.45) is 5.41 Å². The SMILES string of the molecule is CC(C)(C)Cn1c(=O)[nH]c(=O)n(-c2ccc3c(c2)OC(F)(F)C(F)(F)O3)c1=O. The molecule has 0 saturated heterocycles. The van der Waals surface area contributed by atoms with E-state index in [1.807, 2.05) is 4.98 Å². The second-order valence-electron chi connectivity index (χ2n) is 7.37. The third kappa shape index (κ3) is 3.29. The highest BCUT2D eigenvalue weighted by molar-refractivity contribution is 5.50. The number of ether oxygens (including phenoxy) is 2. The largest absolute Gasteiger partial charge is 0.507 e. The van der Waals surface area contributed by atoms with Crippen LogP contribution in [0, 0.1) is 5.41 Å². The van der Waals surface area contributed by atoms with Crippen molar-refractivity contribution >= 4 is 0 Å². The first-order valence-electron chi connectivity index (χ1n) is 7.96. The predicted molar refractivity (Wildman–Crippen MR) is 87.5 cm³/mol. The Morgan fingerprint density at radius 1 is 0.964 bits per heavy atom. The number of aromatic amines is 1. The number of H-pyrrole nitrogens is 1. The van der Waals surface area contributed by atoms with E-state index in [0.29, 0.717) is 4.57 Å². The van der Waals surface area contributed by atoms with Gasteiger partial charge in [0.15, 0.2) is 11.5 Å². The van der Waals surface area contributed by atoms with Gasteiger partial charge in [0.2, 0.25) is 0 Å². The minimum atomic E-state index is -4.96. The molecule has 0 bridgehead atoms. The summed E-state index contributed by atoms with van der Waals surface area (Å²) in [5.41, 5.74) is -3.88. The fraction of sp³-hybridized carbons (Fsp3) is 0.438. The Hall–Kier alpha value is -3.05. The summed E-state index contributed by atoms with van der Waals surface area (Å²) in [5.74, 6) is -1.50. The van der Waals surface area contributed by atoms with Crippen LogP contribution in [0.25, 0.3) is 5.69 Å². The zero-order chi connectivity index (χ0) is 21.1. The van der Waals surface area contributed by atoms with Gasteiger partial charge in [-0.1, -0.05) is 20.8 Å². The molecule has 2 heterocycles. The second kappa shape index (κ2) is 5.97. The number of nitrogens with zero attached hydrogens (tertiary/aromatic N) is 2. The van der Waals surface area contributed by atoms with E-state index >= 15 is 0 Å². The maximum atomic E-state index is 13.4. The third-order valence-corrected chi connectivity index (χ3v) is 3.72. The highest BCUT2D eigenvalue weighted by Crippen LogP contribution is 2.47. The number of halogens is 4. The molecule has 0 fully saturated rings. The van der Waals surface area contributed by atoms with Gasteiger partial charge in [0.05, 0.1) is 5.69 Å². The lowest BCUT2D eigenvalue weighted by Gasteiger charge is -2.31. The molecular weight excluding hydrogens is 390 g/mol. The molecule has 1 aliphatic rings. The smallest absolute Gasteiger partial charge is 0.421 e. The summed E-state index contributed by atoms with van der Waals surface area (Å²) in [5, 5.41) is 0. The molecule has 1 N–H and O–H groups in total. The number of rotatable bonds is 2. The Morgan fingerprint density at radius 2 is 1.54 bits per heavy atom. The summed E-state index contributed by atoms with van der Waals surface area (Å²) in [4.78, 5) is 38.7. The molecule has 0 unspecified atom stereocenters. The number of hydrogen-bond acceptors (Lipinski definition) is 5. The molecule has 1 aromatic carbocycles. The van der Waals surface area contributed by atoms with Gasteiger partial charge in [0, 0.05) is 12.6 Å². The van der Waals surface area contributed by atoms with E-state index < -0.39 is 46.2 Å². The second-order valence-corrected chi connectivity index (χ2v) is 7.37. The van der Waals surface area contributed by atoms with Crippen LogP contribution in [0.3, 0.4) is 0 Å². The van der Waals surface area contributed by atoms with Gasteiger partial charge >= 0.3 is 29.3 Å². The Morgan fingerprint density at radius 3 is 2.11 bits per heavy atom. The first-order valence-corrected chi connectivity index (χ1v) is 7.96. The summed E-state index contributed by atoms with van der Waals surface area (Å²) in [7, 11) is 0. The maximum absolute atomic E-state index is 13.4. The monoisotopic (exact) mass is 405 g/mol. The van der Waals surface area contributed by atoms with Crippen molar-refractivity contribution in [2.75, 3.05) is 0 Å². The molecule has 12 heteroatoms. The Balaban J connectivity index is 2.17.